The van der Waals surface area contributed by atoms with E-state index >= 15 is 0 Å². The quantitative estimate of drug-likeness (QED) is 0.799. The lowest BCUT2D eigenvalue weighted by Gasteiger charge is -2.28. The predicted octanol–water partition coefficient (Wildman–Crippen LogP) is 4.08. The summed E-state index contributed by atoms with van der Waals surface area (Å²) >= 11 is 0. The van der Waals surface area contributed by atoms with Crippen molar-refractivity contribution in [3.63, 3.8) is 0 Å². The molecule has 1 aliphatic rings. The lowest BCUT2D eigenvalue weighted by atomic mass is 9.81. The van der Waals surface area contributed by atoms with Crippen LogP contribution in [0, 0.1) is 5.92 Å². The molecule has 1 aliphatic carbocycles. The second-order valence-corrected chi connectivity index (χ2v) is 5.04. The van der Waals surface area contributed by atoms with Crippen molar-refractivity contribution in [3.05, 3.63) is 24.3 Å². The van der Waals surface area contributed by atoms with Gasteiger partial charge in [-0.3, -0.25) is 0 Å². The minimum Gasteiger partial charge on any atom is -0.494 e. The zero-order valence-corrected chi connectivity index (χ0v) is 10.9. The summed E-state index contributed by atoms with van der Waals surface area (Å²) in [6, 6.07) is 8.83. The van der Waals surface area contributed by atoms with Crippen LogP contribution in [0.25, 0.3) is 0 Å². The molecule has 2 nitrogen and oxygen atoms in total. The highest BCUT2D eigenvalue weighted by atomic mass is 16.5. The zero-order chi connectivity index (χ0) is 12.1. The molecule has 1 saturated carbocycles. The SMILES string of the molecule is CCOc1ccc(NC(C)CC2CCC2)cc1. The number of nitrogens with one attached hydrogen (secondary N) is 1. The maximum atomic E-state index is 5.43. The van der Waals surface area contributed by atoms with E-state index in [1.54, 1.807) is 0 Å². The van der Waals surface area contributed by atoms with Crippen LogP contribution in [0.3, 0.4) is 0 Å². The normalized spacial score (nSPS) is 17.3. The number of rotatable bonds is 6. The summed E-state index contributed by atoms with van der Waals surface area (Å²) in [5.74, 6) is 1.91. The number of hydrogen-bond acceptors (Lipinski definition) is 2. The molecule has 1 atom stereocenters. The first-order valence-electron chi connectivity index (χ1n) is 6.77. The molecular formula is C15H23NO. The first kappa shape index (κ1) is 12.3. The van der Waals surface area contributed by atoms with Crippen molar-refractivity contribution in [2.75, 3.05) is 11.9 Å². The minimum absolute atomic E-state index is 0.568. The van der Waals surface area contributed by atoms with Crippen molar-refractivity contribution in [2.45, 2.75) is 45.6 Å². The van der Waals surface area contributed by atoms with Crippen molar-refractivity contribution in [3.8, 4) is 5.75 Å². The second-order valence-electron chi connectivity index (χ2n) is 5.04. The number of anilines is 1. The lowest BCUT2D eigenvalue weighted by Crippen LogP contribution is -2.23. The fraction of sp³-hybridized carbons (Fsp3) is 0.600. The molecular weight excluding hydrogens is 210 g/mol. The molecule has 1 unspecified atom stereocenters. The van der Waals surface area contributed by atoms with Gasteiger partial charge in [-0.15, -0.1) is 0 Å². The molecule has 0 heterocycles. The number of hydrogen-bond donors (Lipinski definition) is 1. The van der Waals surface area contributed by atoms with E-state index in [-0.39, 0.29) is 0 Å². The Morgan fingerprint density at radius 1 is 1.29 bits per heavy atom. The van der Waals surface area contributed by atoms with Gasteiger partial charge in [-0.1, -0.05) is 19.3 Å². The third-order valence-corrected chi connectivity index (χ3v) is 3.49. The van der Waals surface area contributed by atoms with E-state index in [0.717, 1.165) is 18.3 Å². The molecule has 0 bridgehead atoms. The van der Waals surface area contributed by atoms with Gasteiger partial charge in [-0.2, -0.15) is 0 Å². The Labute approximate surface area is 104 Å². The molecule has 17 heavy (non-hydrogen) atoms. The average Bonchev–Trinajstić information content (AvgIpc) is 2.27. The summed E-state index contributed by atoms with van der Waals surface area (Å²) in [7, 11) is 0. The molecule has 0 saturated heterocycles. The Balaban J connectivity index is 1.80. The Morgan fingerprint density at radius 2 is 2.00 bits per heavy atom. The lowest BCUT2D eigenvalue weighted by molar-refractivity contribution is 0.286. The van der Waals surface area contributed by atoms with Crippen LogP contribution in [0.1, 0.15) is 39.5 Å². The molecule has 0 aliphatic heterocycles. The second kappa shape index (κ2) is 5.95. The van der Waals surface area contributed by atoms with Gasteiger partial charge in [-0.25, -0.2) is 0 Å². The van der Waals surface area contributed by atoms with Crippen LogP contribution in [0.4, 0.5) is 5.69 Å². The highest BCUT2D eigenvalue weighted by Gasteiger charge is 2.19. The molecule has 94 valence electrons. The summed E-state index contributed by atoms with van der Waals surface area (Å²) in [5.41, 5.74) is 1.19. The topological polar surface area (TPSA) is 21.3 Å². The average molecular weight is 233 g/mol. The van der Waals surface area contributed by atoms with Crippen LogP contribution < -0.4 is 10.1 Å². The van der Waals surface area contributed by atoms with Gasteiger partial charge in [0, 0.05) is 11.7 Å². The molecule has 1 N–H and O–H groups in total. The molecule has 1 aromatic carbocycles. The van der Waals surface area contributed by atoms with Gasteiger partial charge in [0.2, 0.25) is 0 Å². The van der Waals surface area contributed by atoms with Crippen LogP contribution in [-0.4, -0.2) is 12.6 Å². The van der Waals surface area contributed by atoms with E-state index in [4.69, 9.17) is 4.74 Å². The van der Waals surface area contributed by atoms with Crippen molar-refractivity contribution in [1.82, 2.24) is 0 Å². The van der Waals surface area contributed by atoms with Crippen LogP contribution in [0.2, 0.25) is 0 Å². The van der Waals surface area contributed by atoms with Crippen molar-refractivity contribution in [2.24, 2.45) is 5.92 Å². The van der Waals surface area contributed by atoms with E-state index in [0.29, 0.717) is 6.04 Å². The van der Waals surface area contributed by atoms with E-state index in [9.17, 15) is 0 Å². The summed E-state index contributed by atoms with van der Waals surface area (Å²) in [4.78, 5) is 0. The van der Waals surface area contributed by atoms with E-state index in [1.165, 1.54) is 31.4 Å². The standard InChI is InChI=1S/C15H23NO/c1-3-17-15-9-7-14(8-10-15)16-12(2)11-13-5-4-6-13/h7-10,12-13,16H,3-6,11H2,1-2H3. The Morgan fingerprint density at radius 3 is 2.53 bits per heavy atom. The molecule has 2 heteroatoms. The third-order valence-electron chi connectivity index (χ3n) is 3.49. The molecule has 0 spiro atoms. The largest absolute Gasteiger partial charge is 0.494 e. The zero-order valence-electron chi connectivity index (χ0n) is 10.9. The minimum atomic E-state index is 0.568. The summed E-state index contributed by atoms with van der Waals surface area (Å²) in [6.45, 7) is 5.01. The van der Waals surface area contributed by atoms with Gasteiger partial charge >= 0.3 is 0 Å². The summed E-state index contributed by atoms with van der Waals surface area (Å²) in [5, 5.41) is 3.55. The highest BCUT2D eigenvalue weighted by molar-refractivity contribution is 5.46. The Kier molecular flexibility index (Phi) is 4.29. The predicted molar refractivity (Wildman–Crippen MR) is 72.7 cm³/mol. The fourth-order valence-electron chi connectivity index (χ4n) is 2.39. The van der Waals surface area contributed by atoms with Crippen LogP contribution in [0.15, 0.2) is 24.3 Å². The van der Waals surface area contributed by atoms with Gasteiger partial charge < -0.3 is 10.1 Å². The van der Waals surface area contributed by atoms with Crippen molar-refractivity contribution >= 4 is 5.69 Å². The van der Waals surface area contributed by atoms with E-state index in [2.05, 4.69) is 24.4 Å². The molecule has 0 amide bonds. The van der Waals surface area contributed by atoms with Gasteiger partial charge in [0.05, 0.1) is 6.61 Å². The first-order valence-corrected chi connectivity index (χ1v) is 6.77. The fourth-order valence-corrected chi connectivity index (χ4v) is 2.39. The van der Waals surface area contributed by atoms with Crippen molar-refractivity contribution in [1.29, 1.82) is 0 Å². The molecule has 0 aromatic heterocycles. The maximum absolute atomic E-state index is 5.43. The van der Waals surface area contributed by atoms with Gasteiger partial charge in [0.1, 0.15) is 5.75 Å². The third kappa shape index (κ3) is 3.65. The monoisotopic (exact) mass is 233 g/mol. The maximum Gasteiger partial charge on any atom is 0.119 e. The Hall–Kier alpha value is -1.18. The number of benzene rings is 1. The molecule has 2 rings (SSSR count). The van der Waals surface area contributed by atoms with E-state index < -0.39 is 0 Å². The smallest absolute Gasteiger partial charge is 0.119 e. The summed E-state index contributed by atoms with van der Waals surface area (Å²) in [6.07, 6.45) is 5.58. The van der Waals surface area contributed by atoms with Crippen LogP contribution >= 0.6 is 0 Å². The van der Waals surface area contributed by atoms with Crippen LogP contribution in [0.5, 0.6) is 5.75 Å². The van der Waals surface area contributed by atoms with E-state index in [1.807, 2.05) is 19.1 Å². The molecule has 0 radical (unpaired) electrons. The number of ether oxygens (including phenoxy) is 1. The summed E-state index contributed by atoms with van der Waals surface area (Å²) < 4.78 is 5.43. The van der Waals surface area contributed by atoms with Crippen LogP contribution in [-0.2, 0) is 0 Å². The Bertz CT molecular complexity index is 329. The molecule has 1 fully saturated rings. The van der Waals surface area contributed by atoms with Gasteiger partial charge in [0.25, 0.3) is 0 Å². The highest BCUT2D eigenvalue weighted by Crippen LogP contribution is 2.31. The molecule has 1 aromatic rings. The first-order chi connectivity index (χ1) is 8.28. The van der Waals surface area contributed by atoms with Crippen molar-refractivity contribution < 1.29 is 4.74 Å². The van der Waals surface area contributed by atoms with Gasteiger partial charge in [0.15, 0.2) is 0 Å². The van der Waals surface area contributed by atoms with Gasteiger partial charge in [-0.05, 0) is 50.5 Å².